The van der Waals surface area contributed by atoms with Crippen LogP contribution in [0.3, 0.4) is 0 Å². The minimum Gasteiger partial charge on any atom is -0.496 e. The van der Waals surface area contributed by atoms with Crippen molar-refractivity contribution >= 4 is 46.5 Å². The average Bonchev–Trinajstić information content (AvgIpc) is 2.88. The van der Waals surface area contributed by atoms with E-state index in [1.807, 2.05) is 48.5 Å². The molecule has 0 spiro atoms. The third-order valence-corrected chi connectivity index (χ3v) is 5.92. The first-order valence-electron chi connectivity index (χ1n) is 10.8. The van der Waals surface area contributed by atoms with Crippen molar-refractivity contribution in [2.24, 2.45) is 0 Å². The minimum atomic E-state index is -0.893. The van der Waals surface area contributed by atoms with Crippen molar-refractivity contribution in [1.82, 2.24) is 10.6 Å². The van der Waals surface area contributed by atoms with Crippen molar-refractivity contribution in [3.63, 3.8) is 0 Å². The Morgan fingerprint density at radius 3 is 2.37 bits per heavy atom. The Bertz CT molecular complexity index is 1220. The van der Waals surface area contributed by atoms with E-state index in [1.54, 1.807) is 32.4 Å². The second-order valence-corrected chi connectivity index (χ2v) is 8.36. The highest BCUT2D eigenvalue weighted by Gasteiger charge is 2.24. The van der Waals surface area contributed by atoms with Gasteiger partial charge in [-0.1, -0.05) is 54.1 Å². The van der Waals surface area contributed by atoms with Gasteiger partial charge in [-0.15, -0.1) is 0 Å². The van der Waals surface area contributed by atoms with E-state index in [2.05, 4.69) is 16.0 Å². The maximum absolute atomic E-state index is 12.9. The van der Waals surface area contributed by atoms with E-state index in [9.17, 15) is 9.59 Å². The van der Waals surface area contributed by atoms with Gasteiger partial charge in [-0.25, -0.2) is 4.79 Å². The van der Waals surface area contributed by atoms with Crippen molar-refractivity contribution in [3.05, 3.63) is 82.9 Å². The normalized spacial score (nSPS) is 11.2. The number of carbonyl (C=O) groups is 2. The number of anilines is 1. The molecule has 0 radical (unpaired) electrons. The molecular weight excluding hydrogens is 486 g/mol. The first kappa shape index (κ1) is 26.0. The zero-order chi connectivity index (χ0) is 25.4. The van der Waals surface area contributed by atoms with Crippen molar-refractivity contribution in [2.45, 2.75) is 12.5 Å². The number of ether oxygens (including phenoxy) is 2. The highest BCUT2D eigenvalue weighted by Crippen LogP contribution is 2.29. The van der Waals surface area contributed by atoms with Crippen LogP contribution in [0.2, 0.25) is 5.02 Å². The molecule has 1 amide bonds. The third kappa shape index (κ3) is 6.71. The monoisotopic (exact) mass is 511 g/mol. The van der Waals surface area contributed by atoms with E-state index >= 15 is 0 Å². The van der Waals surface area contributed by atoms with Crippen LogP contribution in [0.15, 0.2) is 66.7 Å². The fraction of sp³-hybridized carbons (Fsp3) is 0.192. The lowest BCUT2D eigenvalue weighted by Gasteiger charge is -2.18. The number of para-hydroxylation sites is 1. The number of methoxy groups -OCH3 is 2. The van der Waals surface area contributed by atoms with E-state index in [0.29, 0.717) is 10.8 Å². The van der Waals surface area contributed by atoms with Gasteiger partial charge in [0.15, 0.2) is 5.11 Å². The first-order valence-corrected chi connectivity index (χ1v) is 11.5. The van der Waals surface area contributed by atoms with Gasteiger partial charge < -0.3 is 25.4 Å². The molecule has 3 aromatic rings. The Hall–Kier alpha value is -3.62. The molecule has 182 valence electrons. The fourth-order valence-corrected chi connectivity index (χ4v) is 3.87. The third-order valence-electron chi connectivity index (χ3n) is 5.30. The molecule has 0 saturated carbocycles. The summed E-state index contributed by atoms with van der Waals surface area (Å²) in [6.45, 7) is 0. The lowest BCUT2D eigenvalue weighted by atomic mass is 10.00. The van der Waals surface area contributed by atoms with Crippen LogP contribution >= 0.6 is 23.8 Å². The quantitative estimate of drug-likeness (QED) is 0.304. The second-order valence-electron chi connectivity index (χ2n) is 7.55. The van der Waals surface area contributed by atoms with Gasteiger partial charge >= 0.3 is 5.97 Å². The summed E-state index contributed by atoms with van der Waals surface area (Å²) in [5, 5.41) is 9.11. The molecule has 35 heavy (non-hydrogen) atoms. The largest absolute Gasteiger partial charge is 0.496 e. The summed E-state index contributed by atoms with van der Waals surface area (Å²) < 4.78 is 10.4. The van der Waals surface area contributed by atoms with Gasteiger partial charge in [0.2, 0.25) is 0 Å². The second kappa shape index (κ2) is 12.2. The molecule has 0 aliphatic heterocycles. The number of amides is 1. The molecule has 0 aliphatic rings. The fourth-order valence-electron chi connectivity index (χ4n) is 3.48. The lowest BCUT2D eigenvalue weighted by molar-refractivity contribution is -0.142. The summed E-state index contributed by atoms with van der Waals surface area (Å²) in [5.41, 5.74) is 3.65. The molecule has 7 nitrogen and oxygen atoms in total. The number of nitrogens with one attached hydrogen (secondary N) is 3. The molecule has 0 aliphatic carbocycles. The van der Waals surface area contributed by atoms with Gasteiger partial charge in [0.05, 0.1) is 24.8 Å². The molecule has 1 atom stereocenters. The average molecular weight is 512 g/mol. The van der Waals surface area contributed by atoms with Crippen molar-refractivity contribution < 1.29 is 19.1 Å². The molecular formula is C26H26ClN3O4S. The first-order chi connectivity index (χ1) is 16.9. The molecule has 3 aromatic carbocycles. The molecule has 0 heterocycles. The van der Waals surface area contributed by atoms with E-state index in [1.165, 1.54) is 7.11 Å². The van der Waals surface area contributed by atoms with E-state index in [-0.39, 0.29) is 17.0 Å². The predicted octanol–water partition coefficient (Wildman–Crippen LogP) is 4.45. The SMILES string of the molecule is CNC(=S)Nc1ccc(C(=O)N[C@@H](Cc2ccc(-c3ccccc3OC)cc2)C(=O)OC)c(Cl)c1. The molecule has 0 saturated heterocycles. The summed E-state index contributed by atoms with van der Waals surface area (Å²) in [5.74, 6) is -0.273. The summed E-state index contributed by atoms with van der Waals surface area (Å²) in [6, 6.07) is 19.4. The highest BCUT2D eigenvalue weighted by molar-refractivity contribution is 7.80. The zero-order valence-corrected chi connectivity index (χ0v) is 21.1. The Balaban J connectivity index is 1.75. The smallest absolute Gasteiger partial charge is 0.328 e. The molecule has 9 heteroatoms. The molecule has 3 N–H and O–H groups in total. The van der Waals surface area contributed by atoms with Gasteiger partial charge in [-0.05, 0) is 47.6 Å². The Morgan fingerprint density at radius 2 is 1.74 bits per heavy atom. The number of hydrogen-bond donors (Lipinski definition) is 3. The molecule has 0 bridgehead atoms. The van der Waals surface area contributed by atoms with E-state index < -0.39 is 17.9 Å². The maximum atomic E-state index is 12.9. The standard InChI is InChI=1S/C26H26ClN3O4S/c1-28-26(35)29-18-12-13-20(21(27)15-18)24(31)30-22(25(32)34-3)14-16-8-10-17(11-9-16)19-6-4-5-7-23(19)33-2/h4-13,15,22H,14H2,1-3H3,(H,30,31)(H2,28,29,35)/t22-/m0/s1. The van der Waals surface area contributed by atoms with Gasteiger partial charge in [0.25, 0.3) is 5.91 Å². The number of carbonyl (C=O) groups excluding carboxylic acids is 2. The number of benzene rings is 3. The highest BCUT2D eigenvalue weighted by atomic mass is 35.5. The van der Waals surface area contributed by atoms with Gasteiger partial charge in [0.1, 0.15) is 11.8 Å². The summed E-state index contributed by atoms with van der Waals surface area (Å²) in [6.07, 6.45) is 0.248. The summed E-state index contributed by atoms with van der Waals surface area (Å²) >= 11 is 11.4. The maximum Gasteiger partial charge on any atom is 0.328 e. The van der Waals surface area contributed by atoms with Gasteiger partial charge in [0, 0.05) is 24.7 Å². The summed E-state index contributed by atoms with van der Waals surface area (Å²) in [7, 11) is 4.60. The number of halogens is 1. The lowest BCUT2D eigenvalue weighted by Crippen LogP contribution is -2.43. The zero-order valence-electron chi connectivity index (χ0n) is 19.6. The van der Waals surface area contributed by atoms with Crippen LogP contribution in [-0.4, -0.2) is 44.3 Å². The van der Waals surface area contributed by atoms with E-state index in [0.717, 1.165) is 22.4 Å². The van der Waals surface area contributed by atoms with Crippen LogP contribution in [-0.2, 0) is 16.0 Å². The van der Waals surface area contributed by atoms with E-state index in [4.69, 9.17) is 33.3 Å². The number of esters is 1. The minimum absolute atomic E-state index is 0.219. The van der Waals surface area contributed by atoms with Gasteiger partial charge in [-0.3, -0.25) is 4.79 Å². The molecule has 3 rings (SSSR count). The molecule has 0 aromatic heterocycles. The summed E-state index contributed by atoms with van der Waals surface area (Å²) in [4.78, 5) is 25.3. The Morgan fingerprint density at radius 1 is 1.03 bits per heavy atom. The van der Waals surface area contributed by atoms with Crippen molar-refractivity contribution in [2.75, 3.05) is 26.6 Å². The number of hydrogen-bond acceptors (Lipinski definition) is 5. The van der Waals surface area contributed by atoms with Crippen molar-refractivity contribution in [1.29, 1.82) is 0 Å². The Labute approximate surface area is 214 Å². The topological polar surface area (TPSA) is 88.7 Å². The Kier molecular flexibility index (Phi) is 9.05. The van der Waals surface area contributed by atoms with Crippen LogP contribution in [0.5, 0.6) is 5.75 Å². The molecule has 0 fully saturated rings. The number of thiocarbonyl (C=S) groups is 1. The van der Waals surface area contributed by atoms with Crippen molar-refractivity contribution in [3.8, 4) is 16.9 Å². The molecule has 0 unspecified atom stereocenters. The van der Waals surface area contributed by atoms with Gasteiger partial charge in [-0.2, -0.15) is 0 Å². The van der Waals surface area contributed by atoms with Crippen LogP contribution < -0.4 is 20.7 Å². The number of rotatable bonds is 8. The van der Waals surface area contributed by atoms with Crippen LogP contribution in [0.25, 0.3) is 11.1 Å². The van der Waals surface area contributed by atoms with Crippen LogP contribution in [0, 0.1) is 0 Å². The van der Waals surface area contributed by atoms with Crippen LogP contribution in [0.1, 0.15) is 15.9 Å². The predicted molar refractivity (Wildman–Crippen MR) is 142 cm³/mol. The van der Waals surface area contributed by atoms with Crippen LogP contribution in [0.4, 0.5) is 5.69 Å².